The first-order valence-corrected chi connectivity index (χ1v) is 7.47. The molecule has 0 saturated heterocycles. The van der Waals surface area contributed by atoms with Gasteiger partial charge >= 0.3 is 0 Å². The van der Waals surface area contributed by atoms with E-state index >= 15 is 0 Å². The van der Waals surface area contributed by atoms with E-state index in [9.17, 15) is 4.79 Å². The van der Waals surface area contributed by atoms with Crippen LogP contribution in [0.1, 0.15) is 10.4 Å². The van der Waals surface area contributed by atoms with Crippen LogP contribution < -0.4 is 11.1 Å². The maximum atomic E-state index is 12.4. The molecule has 0 saturated carbocycles. The van der Waals surface area contributed by atoms with Crippen LogP contribution in [0.2, 0.25) is 10.0 Å². The van der Waals surface area contributed by atoms with Crippen molar-refractivity contribution >= 4 is 40.6 Å². The topological polar surface area (TPSA) is 72.9 Å². The summed E-state index contributed by atoms with van der Waals surface area (Å²) in [5, 5.41) is 7.66. The largest absolute Gasteiger partial charge is 0.383 e. The molecular weight excluding hydrogens is 335 g/mol. The first-order chi connectivity index (χ1) is 11.1. The van der Waals surface area contributed by atoms with Gasteiger partial charge in [0.25, 0.3) is 5.91 Å². The van der Waals surface area contributed by atoms with Crippen LogP contribution in [0.5, 0.6) is 0 Å². The van der Waals surface area contributed by atoms with Crippen LogP contribution in [0.4, 0.5) is 11.5 Å². The number of benzene rings is 2. The lowest BCUT2D eigenvalue weighted by Crippen LogP contribution is -2.14. The highest BCUT2D eigenvalue weighted by Crippen LogP contribution is 2.26. The van der Waals surface area contributed by atoms with Crippen LogP contribution in [0, 0.1) is 0 Å². The summed E-state index contributed by atoms with van der Waals surface area (Å²) in [7, 11) is 0. The van der Waals surface area contributed by atoms with Crippen molar-refractivity contribution in [3.05, 3.63) is 70.3 Å². The molecule has 0 radical (unpaired) electrons. The summed E-state index contributed by atoms with van der Waals surface area (Å²) in [5.74, 6) is -0.114. The van der Waals surface area contributed by atoms with E-state index in [2.05, 4.69) is 10.4 Å². The number of aromatic nitrogens is 2. The SMILES string of the molecule is Nc1c(C(=O)Nc2ccc(Cl)c(Cl)c2)cnn1-c1ccccc1. The molecule has 0 aliphatic carbocycles. The Bertz CT molecular complexity index is 862. The van der Waals surface area contributed by atoms with Gasteiger partial charge in [0.2, 0.25) is 0 Å². The Labute approximate surface area is 142 Å². The number of nitrogens with zero attached hydrogens (tertiary/aromatic N) is 2. The third-order valence-electron chi connectivity index (χ3n) is 3.23. The van der Waals surface area contributed by atoms with Crippen LogP contribution in [-0.2, 0) is 0 Å². The van der Waals surface area contributed by atoms with Gasteiger partial charge in [0.15, 0.2) is 0 Å². The number of para-hydroxylation sites is 1. The van der Waals surface area contributed by atoms with Gasteiger partial charge in [0.05, 0.1) is 21.9 Å². The zero-order valence-corrected chi connectivity index (χ0v) is 13.3. The number of nitrogens with two attached hydrogens (primary N) is 1. The van der Waals surface area contributed by atoms with Crippen LogP contribution in [0.3, 0.4) is 0 Å². The standard InChI is InChI=1S/C16H12Cl2N4O/c17-13-7-6-10(8-14(13)18)21-16(23)12-9-20-22(15(12)19)11-4-2-1-3-5-11/h1-9H,19H2,(H,21,23). The third kappa shape index (κ3) is 3.16. The molecule has 3 rings (SSSR count). The predicted octanol–water partition coefficient (Wildman–Crippen LogP) is 4.01. The van der Waals surface area contributed by atoms with Gasteiger partial charge in [-0.2, -0.15) is 5.10 Å². The van der Waals surface area contributed by atoms with Gasteiger partial charge < -0.3 is 11.1 Å². The molecule has 116 valence electrons. The Balaban J connectivity index is 1.86. The summed E-state index contributed by atoms with van der Waals surface area (Å²) in [6, 6.07) is 14.2. The first kappa shape index (κ1) is 15.4. The Morgan fingerprint density at radius 1 is 1.09 bits per heavy atom. The van der Waals surface area contributed by atoms with E-state index in [1.54, 1.807) is 18.2 Å². The van der Waals surface area contributed by atoms with Crippen LogP contribution in [0.15, 0.2) is 54.7 Å². The monoisotopic (exact) mass is 346 g/mol. The smallest absolute Gasteiger partial charge is 0.261 e. The number of hydrogen-bond donors (Lipinski definition) is 2. The minimum absolute atomic E-state index is 0.258. The maximum absolute atomic E-state index is 12.4. The number of nitrogen functional groups attached to an aromatic ring is 1. The molecule has 1 aromatic heterocycles. The average Bonchev–Trinajstić information content (AvgIpc) is 2.93. The number of carbonyl (C=O) groups excluding carboxylic acids is 1. The van der Waals surface area contributed by atoms with Crippen molar-refractivity contribution in [2.45, 2.75) is 0 Å². The second kappa shape index (κ2) is 6.32. The van der Waals surface area contributed by atoms with E-state index in [4.69, 9.17) is 28.9 Å². The first-order valence-electron chi connectivity index (χ1n) is 6.71. The summed E-state index contributed by atoms with van der Waals surface area (Å²) in [6.45, 7) is 0. The van der Waals surface area contributed by atoms with E-state index in [1.807, 2.05) is 30.3 Å². The number of halogens is 2. The zero-order valence-electron chi connectivity index (χ0n) is 11.8. The molecule has 0 fully saturated rings. The van der Waals surface area contributed by atoms with E-state index in [1.165, 1.54) is 10.9 Å². The normalized spacial score (nSPS) is 10.5. The minimum atomic E-state index is -0.372. The zero-order chi connectivity index (χ0) is 16.4. The molecular formula is C16H12Cl2N4O. The number of rotatable bonds is 3. The summed E-state index contributed by atoms with van der Waals surface area (Å²) in [5.41, 5.74) is 7.61. The fourth-order valence-electron chi connectivity index (χ4n) is 2.08. The number of nitrogens with one attached hydrogen (secondary N) is 1. The van der Waals surface area contributed by atoms with Crippen molar-refractivity contribution in [3.8, 4) is 5.69 Å². The highest BCUT2D eigenvalue weighted by molar-refractivity contribution is 6.42. The van der Waals surface area contributed by atoms with Gasteiger partial charge in [-0.25, -0.2) is 4.68 Å². The molecule has 3 N–H and O–H groups in total. The van der Waals surface area contributed by atoms with Crippen molar-refractivity contribution in [2.24, 2.45) is 0 Å². The van der Waals surface area contributed by atoms with Crippen LogP contribution in [-0.4, -0.2) is 15.7 Å². The molecule has 0 aliphatic rings. The molecule has 0 aliphatic heterocycles. The lowest BCUT2D eigenvalue weighted by molar-refractivity contribution is 0.102. The van der Waals surface area contributed by atoms with Gasteiger partial charge in [0, 0.05) is 5.69 Å². The molecule has 5 nitrogen and oxygen atoms in total. The average molecular weight is 347 g/mol. The summed E-state index contributed by atoms with van der Waals surface area (Å²) in [4.78, 5) is 12.4. The molecule has 2 aromatic carbocycles. The van der Waals surface area contributed by atoms with E-state index in [0.717, 1.165) is 5.69 Å². The molecule has 0 unspecified atom stereocenters. The van der Waals surface area contributed by atoms with Crippen molar-refractivity contribution in [2.75, 3.05) is 11.1 Å². The van der Waals surface area contributed by atoms with Crippen molar-refractivity contribution in [3.63, 3.8) is 0 Å². The molecule has 1 heterocycles. The maximum Gasteiger partial charge on any atom is 0.261 e. The van der Waals surface area contributed by atoms with E-state index in [-0.39, 0.29) is 17.3 Å². The quantitative estimate of drug-likeness (QED) is 0.752. The minimum Gasteiger partial charge on any atom is -0.383 e. The van der Waals surface area contributed by atoms with Crippen molar-refractivity contribution < 1.29 is 4.79 Å². The molecule has 23 heavy (non-hydrogen) atoms. The molecule has 0 atom stereocenters. The third-order valence-corrected chi connectivity index (χ3v) is 3.97. The molecule has 0 spiro atoms. The lowest BCUT2D eigenvalue weighted by Gasteiger charge is -2.07. The second-order valence-corrected chi connectivity index (χ2v) is 5.59. The predicted molar refractivity (Wildman–Crippen MR) is 92.4 cm³/mol. The van der Waals surface area contributed by atoms with Crippen LogP contribution >= 0.6 is 23.2 Å². The van der Waals surface area contributed by atoms with Crippen molar-refractivity contribution in [1.82, 2.24) is 9.78 Å². The number of amides is 1. The molecule has 0 bridgehead atoms. The number of carbonyl (C=O) groups is 1. The molecule has 7 heteroatoms. The fraction of sp³-hybridized carbons (Fsp3) is 0. The summed E-state index contributed by atoms with van der Waals surface area (Å²) >= 11 is 11.8. The highest BCUT2D eigenvalue weighted by atomic mass is 35.5. The molecule has 1 amide bonds. The Hall–Kier alpha value is -2.50. The Kier molecular flexibility index (Phi) is 4.23. The van der Waals surface area contributed by atoms with Crippen molar-refractivity contribution in [1.29, 1.82) is 0 Å². The van der Waals surface area contributed by atoms with Gasteiger partial charge in [0.1, 0.15) is 11.4 Å². The van der Waals surface area contributed by atoms with Crippen LogP contribution in [0.25, 0.3) is 5.69 Å². The van der Waals surface area contributed by atoms with Gasteiger partial charge in [-0.05, 0) is 30.3 Å². The van der Waals surface area contributed by atoms with Gasteiger partial charge in [-0.1, -0.05) is 41.4 Å². The fourth-order valence-corrected chi connectivity index (χ4v) is 2.38. The second-order valence-electron chi connectivity index (χ2n) is 4.77. The molecule has 3 aromatic rings. The van der Waals surface area contributed by atoms with E-state index in [0.29, 0.717) is 15.7 Å². The van der Waals surface area contributed by atoms with Gasteiger partial charge in [-0.3, -0.25) is 4.79 Å². The Morgan fingerprint density at radius 2 is 1.83 bits per heavy atom. The Morgan fingerprint density at radius 3 is 2.52 bits per heavy atom. The summed E-state index contributed by atoms with van der Waals surface area (Å²) in [6.07, 6.45) is 1.43. The van der Waals surface area contributed by atoms with E-state index < -0.39 is 0 Å². The van der Waals surface area contributed by atoms with Gasteiger partial charge in [-0.15, -0.1) is 0 Å². The number of anilines is 2. The highest BCUT2D eigenvalue weighted by Gasteiger charge is 2.16. The number of hydrogen-bond acceptors (Lipinski definition) is 3. The summed E-state index contributed by atoms with van der Waals surface area (Å²) < 4.78 is 1.50. The lowest BCUT2D eigenvalue weighted by atomic mass is 10.2.